The number of hydrogen-bond donors (Lipinski definition) is 5. The molecule has 5 unspecified atom stereocenters. The highest BCUT2D eigenvalue weighted by Gasteiger charge is 2.59. The molecule has 45 heavy (non-hydrogen) atoms. The molecule has 3 saturated heterocycles. The third kappa shape index (κ3) is 7.95. The minimum absolute atomic E-state index is 0.0456. The summed E-state index contributed by atoms with van der Waals surface area (Å²) < 4.78 is 0. The summed E-state index contributed by atoms with van der Waals surface area (Å²) in [4.78, 5) is 56.8. The Labute approximate surface area is 269 Å². The van der Waals surface area contributed by atoms with Gasteiger partial charge in [0.1, 0.15) is 23.9 Å². The van der Waals surface area contributed by atoms with Gasteiger partial charge in [-0.05, 0) is 75.4 Å². The number of amides is 3. The van der Waals surface area contributed by atoms with Crippen molar-refractivity contribution in [2.24, 2.45) is 29.4 Å². The van der Waals surface area contributed by atoms with Crippen molar-refractivity contribution in [1.29, 1.82) is 0 Å². The summed E-state index contributed by atoms with van der Waals surface area (Å²) in [5, 5.41) is 13.2. The lowest BCUT2D eigenvalue weighted by Gasteiger charge is -2.50. The Kier molecular flexibility index (Phi) is 12.2. The summed E-state index contributed by atoms with van der Waals surface area (Å²) in [6.07, 6.45) is 6.57. The number of carbonyl (C=O) groups excluding carboxylic acids is 4. The molecule has 0 spiro atoms. The molecular formula is C35H56N6O4. The van der Waals surface area contributed by atoms with Crippen molar-refractivity contribution in [1.82, 2.24) is 26.2 Å². The van der Waals surface area contributed by atoms with Crippen molar-refractivity contribution in [2.45, 2.75) is 115 Å². The Morgan fingerprint density at radius 2 is 1.67 bits per heavy atom. The molecule has 3 amide bonds. The molecule has 3 fully saturated rings. The van der Waals surface area contributed by atoms with Gasteiger partial charge in [0.15, 0.2) is 0 Å². The average molecular weight is 625 g/mol. The summed E-state index contributed by atoms with van der Waals surface area (Å²) in [6.45, 7) is 12.0. The molecule has 10 heteroatoms. The number of benzene rings is 1. The van der Waals surface area contributed by atoms with Crippen molar-refractivity contribution in [2.75, 3.05) is 19.6 Å². The van der Waals surface area contributed by atoms with Gasteiger partial charge in [-0.15, -0.1) is 0 Å². The van der Waals surface area contributed by atoms with Crippen LogP contribution < -0.4 is 27.0 Å². The molecule has 4 rings (SSSR count). The van der Waals surface area contributed by atoms with Crippen LogP contribution in [-0.4, -0.2) is 84.3 Å². The van der Waals surface area contributed by atoms with E-state index in [-0.39, 0.29) is 36.2 Å². The van der Waals surface area contributed by atoms with E-state index in [0.29, 0.717) is 31.2 Å². The summed E-state index contributed by atoms with van der Waals surface area (Å²) in [5.41, 5.74) is 5.68. The maximum Gasteiger partial charge on any atom is 0.246 e. The molecule has 0 bridgehead atoms. The fourth-order valence-corrected chi connectivity index (χ4v) is 7.80. The van der Waals surface area contributed by atoms with E-state index in [9.17, 15) is 19.2 Å². The van der Waals surface area contributed by atoms with Crippen LogP contribution in [0.25, 0.3) is 0 Å². The zero-order valence-electron chi connectivity index (χ0n) is 27.9. The first-order valence-electron chi connectivity index (χ1n) is 17.2. The van der Waals surface area contributed by atoms with Crippen LogP contribution in [0.2, 0.25) is 0 Å². The first-order chi connectivity index (χ1) is 21.5. The molecule has 0 radical (unpaired) electrons. The quantitative estimate of drug-likeness (QED) is 0.224. The number of nitrogens with two attached hydrogens (primary N) is 1. The molecule has 0 saturated carbocycles. The standard InChI is InChI=1S/C35H56N6O4/c1-6-24(4)31(40-32(43)25(5)36)33(44)39-29(20-26-10-8-7-9-11-26)34(45)41-17-14-27(28-18-22(2)12-15-37-28)35(41,21-42)30-19-23(3)13-16-38-30/h7-11,21-25,27-31,37-38H,6,12-20,36H2,1-5H3,(H,39,44)(H,40,43)/t22?,23?,24-,25+,27?,28?,29+,30?,31-,35+/m0/s1. The molecule has 250 valence electrons. The molecule has 3 aliphatic heterocycles. The fourth-order valence-electron chi connectivity index (χ4n) is 7.80. The first-order valence-corrected chi connectivity index (χ1v) is 17.2. The van der Waals surface area contributed by atoms with Gasteiger partial charge in [-0.25, -0.2) is 0 Å². The highest BCUT2D eigenvalue weighted by atomic mass is 16.2. The maximum absolute atomic E-state index is 14.9. The smallest absolute Gasteiger partial charge is 0.246 e. The maximum atomic E-state index is 14.9. The van der Waals surface area contributed by atoms with Crippen molar-refractivity contribution in [3.05, 3.63) is 35.9 Å². The number of carbonyl (C=O) groups is 4. The van der Waals surface area contributed by atoms with Gasteiger partial charge in [0.25, 0.3) is 0 Å². The van der Waals surface area contributed by atoms with E-state index in [0.717, 1.165) is 50.6 Å². The third-order valence-corrected chi connectivity index (χ3v) is 10.7. The zero-order valence-corrected chi connectivity index (χ0v) is 27.9. The molecule has 0 aromatic heterocycles. The Balaban J connectivity index is 1.71. The van der Waals surface area contributed by atoms with E-state index >= 15 is 0 Å². The largest absolute Gasteiger partial charge is 0.343 e. The first kappa shape index (κ1) is 35.0. The van der Waals surface area contributed by atoms with Gasteiger partial charge in [-0.2, -0.15) is 0 Å². The molecule has 1 aromatic carbocycles. The van der Waals surface area contributed by atoms with Crippen LogP contribution in [0.15, 0.2) is 30.3 Å². The summed E-state index contributed by atoms with van der Waals surface area (Å²) >= 11 is 0. The molecular weight excluding hydrogens is 568 g/mol. The van der Waals surface area contributed by atoms with Gasteiger partial charge < -0.3 is 36.7 Å². The topological polar surface area (TPSA) is 146 Å². The molecule has 0 aliphatic carbocycles. The number of aldehydes is 1. The third-order valence-electron chi connectivity index (χ3n) is 10.7. The van der Waals surface area contributed by atoms with Crippen LogP contribution in [0.1, 0.15) is 78.7 Å². The van der Waals surface area contributed by atoms with Crippen LogP contribution in [0.3, 0.4) is 0 Å². The van der Waals surface area contributed by atoms with Crippen molar-refractivity contribution in [3.8, 4) is 0 Å². The number of likely N-dealkylation sites (tertiary alicyclic amines) is 1. The Morgan fingerprint density at radius 1 is 1.00 bits per heavy atom. The van der Waals surface area contributed by atoms with Gasteiger partial charge in [0.05, 0.1) is 6.04 Å². The number of nitrogens with one attached hydrogen (secondary N) is 4. The predicted molar refractivity (Wildman–Crippen MR) is 176 cm³/mol. The van der Waals surface area contributed by atoms with E-state index in [4.69, 9.17) is 5.73 Å². The van der Waals surface area contributed by atoms with Gasteiger partial charge in [-0.3, -0.25) is 14.4 Å². The Hall–Kier alpha value is -2.82. The number of piperidine rings is 2. The van der Waals surface area contributed by atoms with Crippen molar-refractivity contribution in [3.63, 3.8) is 0 Å². The summed E-state index contributed by atoms with van der Waals surface area (Å²) in [7, 11) is 0. The van der Waals surface area contributed by atoms with E-state index in [1.807, 2.05) is 44.2 Å². The zero-order chi connectivity index (χ0) is 32.7. The number of rotatable bonds is 12. The van der Waals surface area contributed by atoms with Crippen molar-refractivity contribution < 1.29 is 19.2 Å². The van der Waals surface area contributed by atoms with Crippen LogP contribution in [0.4, 0.5) is 0 Å². The second kappa shape index (κ2) is 15.6. The van der Waals surface area contributed by atoms with Crippen LogP contribution >= 0.6 is 0 Å². The molecule has 10 atom stereocenters. The van der Waals surface area contributed by atoms with Crippen LogP contribution in [-0.2, 0) is 25.6 Å². The van der Waals surface area contributed by atoms with Gasteiger partial charge in [-0.1, -0.05) is 64.4 Å². The monoisotopic (exact) mass is 624 g/mol. The van der Waals surface area contributed by atoms with Crippen LogP contribution in [0, 0.1) is 23.7 Å². The fraction of sp³-hybridized carbons (Fsp3) is 0.714. The average Bonchev–Trinajstić information content (AvgIpc) is 3.43. The summed E-state index contributed by atoms with van der Waals surface area (Å²) in [6, 6.07) is 7.01. The number of nitrogens with zero attached hydrogens (tertiary/aromatic N) is 1. The van der Waals surface area contributed by atoms with Gasteiger partial charge in [0, 0.05) is 31.0 Å². The minimum Gasteiger partial charge on any atom is -0.343 e. The summed E-state index contributed by atoms with van der Waals surface area (Å²) in [5.74, 6) is -0.366. The van der Waals surface area contributed by atoms with Gasteiger partial charge in [0.2, 0.25) is 17.7 Å². The van der Waals surface area contributed by atoms with E-state index in [1.165, 1.54) is 0 Å². The SMILES string of the molecule is CC[C@H](C)[C@H](NC(=O)[C@@H](C)N)C(=O)N[C@H](Cc1ccccc1)C(=O)N1CCC(C2CC(C)CCN2)[C@]1(C=O)C1CC(C)CCN1. The predicted octanol–water partition coefficient (Wildman–Crippen LogP) is 2.15. The lowest BCUT2D eigenvalue weighted by atomic mass is 9.69. The second-order valence-corrected chi connectivity index (χ2v) is 14.1. The molecule has 10 nitrogen and oxygen atoms in total. The van der Waals surface area contributed by atoms with E-state index < -0.39 is 35.5 Å². The Bertz CT molecular complexity index is 1160. The molecule has 3 aliphatic rings. The lowest BCUT2D eigenvalue weighted by molar-refractivity contribution is -0.147. The van der Waals surface area contributed by atoms with Crippen molar-refractivity contribution >= 4 is 24.0 Å². The van der Waals surface area contributed by atoms with E-state index in [2.05, 4.69) is 35.1 Å². The van der Waals surface area contributed by atoms with Crippen LogP contribution in [0.5, 0.6) is 0 Å². The highest BCUT2D eigenvalue weighted by Crippen LogP contribution is 2.44. The number of hydrogen-bond acceptors (Lipinski definition) is 7. The Morgan fingerprint density at radius 3 is 2.27 bits per heavy atom. The van der Waals surface area contributed by atoms with Gasteiger partial charge >= 0.3 is 0 Å². The van der Waals surface area contributed by atoms with E-state index in [1.54, 1.807) is 11.8 Å². The lowest BCUT2D eigenvalue weighted by Crippen LogP contribution is -2.70. The highest BCUT2D eigenvalue weighted by molar-refractivity contribution is 5.94. The normalized spacial score (nSPS) is 31.3. The molecule has 1 aromatic rings. The molecule has 3 heterocycles. The second-order valence-electron chi connectivity index (χ2n) is 14.1. The molecule has 6 N–H and O–H groups in total. The minimum atomic E-state index is -1.04.